The first-order valence-electron chi connectivity index (χ1n) is 7.75. The Kier molecular flexibility index (Phi) is 4.69. The van der Waals surface area contributed by atoms with Crippen LogP contribution in [-0.4, -0.2) is 4.98 Å². The Morgan fingerprint density at radius 3 is 2.43 bits per heavy atom. The van der Waals surface area contributed by atoms with Crippen LogP contribution in [0.1, 0.15) is 29.7 Å². The standard InChI is InChI=1S/C20H20N2O/c1-15(18-11-5-6-13-22-18)20-16(14-21)8-7-12-19(20)23-17-9-3-2-4-10-17/h2-13,15H,14,21H2,1H3. The molecule has 3 aromatic rings. The van der Waals surface area contributed by atoms with E-state index in [1.54, 1.807) is 0 Å². The van der Waals surface area contributed by atoms with Gasteiger partial charge in [-0.2, -0.15) is 0 Å². The number of pyridine rings is 1. The quantitative estimate of drug-likeness (QED) is 0.755. The van der Waals surface area contributed by atoms with Gasteiger partial charge in [-0.25, -0.2) is 0 Å². The summed E-state index contributed by atoms with van der Waals surface area (Å²) in [7, 11) is 0. The second-order valence-corrected chi connectivity index (χ2v) is 5.42. The van der Waals surface area contributed by atoms with Crippen molar-refractivity contribution in [2.24, 2.45) is 5.73 Å². The summed E-state index contributed by atoms with van der Waals surface area (Å²) in [5, 5.41) is 0. The Morgan fingerprint density at radius 1 is 0.957 bits per heavy atom. The van der Waals surface area contributed by atoms with Crippen molar-refractivity contribution >= 4 is 0 Å². The summed E-state index contributed by atoms with van der Waals surface area (Å²) in [5.41, 5.74) is 9.13. The van der Waals surface area contributed by atoms with Gasteiger partial charge in [0.05, 0.1) is 0 Å². The monoisotopic (exact) mass is 304 g/mol. The van der Waals surface area contributed by atoms with Crippen LogP contribution in [0.25, 0.3) is 0 Å². The molecule has 0 fully saturated rings. The van der Waals surface area contributed by atoms with Crippen molar-refractivity contribution in [3.05, 3.63) is 89.7 Å². The molecule has 3 rings (SSSR count). The molecular weight excluding hydrogens is 284 g/mol. The van der Waals surface area contributed by atoms with Crippen molar-refractivity contribution in [3.63, 3.8) is 0 Å². The zero-order chi connectivity index (χ0) is 16.1. The van der Waals surface area contributed by atoms with Crippen LogP contribution in [0.4, 0.5) is 0 Å². The Labute approximate surface area is 136 Å². The van der Waals surface area contributed by atoms with Gasteiger partial charge in [-0.3, -0.25) is 4.98 Å². The molecule has 0 saturated carbocycles. The summed E-state index contributed by atoms with van der Waals surface area (Å²) < 4.78 is 6.11. The van der Waals surface area contributed by atoms with Crippen molar-refractivity contribution in [1.82, 2.24) is 4.98 Å². The average molecular weight is 304 g/mol. The van der Waals surface area contributed by atoms with Gasteiger partial charge in [0.15, 0.2) is 0 Å². The lowest BCUT2D eigenvalue weighted by molar-refractivity contribution is 0.472. The number of rotatable bonds is 5. The van der Waals surface area contributed by atoms with E-state index in [1.165, 1.54) is 0 Å². The fraction of sp³-hybridized carbons (Fsp3) is 0.150. The number of benzene rings is 2. The molecular formula is C20H20N2O. The van der Waals surface area contributed by atoms with E-state index in [-0.39, 0.29) is 5.92 Å². The molecule has 1 aromatic heterocycles. The van der Waals surface area contributed by atoms with Crippen LogP contribution in [0.5, 0.6) is 11.5 Å². The summed E-state index contributed by atoms with van der Waals surface area (Å²) in [6.07, 6.45) is 1.81. The third-order valence-electron chi connectivity index (χ3n) is 3.91. The lowest BCUT2D eigenvalue weighted by atomic mass is 9.91. The van der Waals surface area contributed by atoms with Crippen molar-refractivity contribution < 1.29 is 4.74 Å². The molecule has 0 amide bonds. The third kappa shape index (κ3) is 3.41. The van der Waals surface area contributed by atoms with E-state index in [1.807, 2.05) is 72.9 Å². The normalized spacial score (nSPS) is 11.9. The highest BCUT2D eigenvalue weighted by atomic mass is 16.5. The minimum absolute atomic E-state index is 0.106. The van der Waals surface area contributed by atoms with Crippen LogP contribution in [0.15, 0.2) is 72.9 Å². The lowest BCUT2D eigenvalue weighted by Crippen LogP contribution is -2.08. The summed E-state index contributed by atoms with van der Waals surface area (Å²) in [5.74, 6) is 1.75. The van der Waals surface area contributed by atoms with E-state index in [0.717, 1.165) is 28.3 Å². The molecule has 0 bridgehead atoms. The lowest BCUT2D eigenvalue weighted by Gasteiger charge is -2.20. The molecule has 23 heavy (non-hydrogen) atoms. The van der Waals surface area contributed by atoms with Crippen molar-refractivity contribution in [3.8, 4) is 11.5 Å². The number of nitrogens with two attached hydrogens (primary N) is 1. The fourth-order valence-corrected chi connectivity index (χ4v) is 2.74. The molecule has 3 nitrogen and oxygen atoms in total. The molecule has 0 aliphatic rings. The van der Waals surface area contributed by atoms with Crippen LogP contribution in [-0.2, 0) is 6.54 Å². The summed E-state index contributed by atoms with van der Waals surface area (Å²) >= 11 is 0. The Hall–Kier alpha value is -2.65. The van der Waals surface area contributed by atoms with Crippen molar-refractivity contribution in [2.75, 3.05) is 0 Å². The molecule has 0 aliphatic heterocycles. The second-order valence-electron chi connectivity index (χ2n) is 5.42. The number of para-hydroxylation sites is 1. The Balaban J connectivity index is 2.03. The van der Waals surface area contributed by atoms with Gasteiger partial charge in [0, 0.05) is 29.9 Å². The van der Waals surface area contributed by atoms with E-state index in [9.17, 15) is 0 Å². The van der Waals surface area contributed by atoms with Gasteiger partial charge in [0.25, 0.3) is 0 Å². The molecule has 0 radical (unpaired) electrons. The SMILES string of the molecule is CC(c1ccccn1)c1c(CN)cccc1Oc1ccccc1. The number of nitrogens with zero attached hydrogens (tertiary/aromatic N) is 1. The fourth-order valence-electron chi connectivity index (χ4n) is 2.74. The molecule has 2 aromatic carbocycles. The summed E-state index contributed by atoms with van der Waals surface area (Å²) in [6.45, 7) is 2.60. The van der Waals surface area contributed by atoms with Crippen LogP contribution < -0.4 is 10.5 Å². The van der Waals surface area contributed by atoms with Crippen LogP contribution in [0.3, 0.4) is 0 Å². The van der Waals surface area contributed by atoms with Gasteiger partial charge in [-0.1, -0.05) is 43.3 Å². The third-order valence-corrected chi connectivity index (χ3v) is 3.91. The summed E-state index contributed by atoms with van der Waals surface area (Å²) in [4.78, 5) is 4.48. The maximum atomic E-state index is 6.11. The largest absolute Gasteiger partial charge is 0.457 e. The van der Waals surface area contributed by atoms with Gasteiger partial charge in [-0.05, 0) is 35.9 Å². The molecule has 1 unspecified atom stereocenters. The minimum Gasteiger partial charge on any atom is -0.457 e. The number of hydrogen-bond donors (Lipinski definition) is 1. The zero-order valence-corrected chi connectivity index (χ0v) is 13.1. The van der Waals surface area contributed by atoms with E-state index >= 15 is 0 Å². The predicted octanol–water partition coefficient (Wildman–Crippen LogP) is 4.48. The number of ether oxygens (including phenoxy) is 1. The van der Waals surface area contributed by atoms with E-state index < -0.39 is 0 Å². The van der Waals surface area contributed by atoms with Gasteiger partial charge in [-0.15, -0.1) is 0 Å². The number of aromatic nitrogens is 1. The van der Waals surface area contributed by atoms with E-state index in [2.05, 4.69) is 11.9 Å². The van der Waals surface area contributed by atoms with Gasteiger partial charge in [0.2, 0.25) is 0 Å². The maximum absolute atomic E-state index is 6.11. The highest BCUT2D eigenvalue weighted by Crippen LogP contribution is 2.36. The predicted molar refractivity (Wildman–Crippen MR) is 92.6 cm³/mol. The molecule has 0 aliphatic carbocycles. The smallest absolute Gasteiger partial charge is 0.131 e. The Bertz CT molecular complexity index is 757. The van der Waals surface area contributed by atoms with Crippen LogP contribution >= 0.6 is 0 Å². The van der Waals surface area contributed by atoms with Crippen molar-refractivity contribution in [1.29, 1.82) is 0 Å². The van der Waals surface area contributed by atoms with Gasteiger partial charge in [0.1, 0.15) is 11.5 Å². The topological polar surface area (TPSA) is 48.1 Å². The first kappa shape index (κ1) is 15.3. The highest BCUT2D eigenvalue weighted by molar-refractivity contribution is 5.47. The molecule has 1 atom stereocenters. The molecule has 3 heteroatoms. The molecule has 1 heterocycles. The van der Waals surface area contributed by atoms with E-state index in [4.69, 9.17) is 10.5 Å². The van der Waals surface area contributed by atoms with Crippen LogP contribution in [0.2, 0.25) is 0 Å². The van der Waals surface area contributed by atoms with Gasteiger partial charge >= 0.3 is 0 Å². The molecule has 0 spiro atoms. The average Bonchev–Trinajstić information content (AvgIpc) is 2.62. The zero-order valence-electron chi connectivity index (χ0n) is 13.1. The van der Waals surface area contributed by atoms with E-state index in [0.29, 0.717) is 6.54 Å². The van der Waals surface area contributed by atoms with Gasteiger partial charge < -0.3 is 10.5 Å². The Morgan fingerprint density at radius 2 is 1.74 bits per heavy atom. The highest BCUT2D eigenvalue weighted by Gasteiger charge is 2.18. The molecule has 0 saturated heterocycles. The minimum atomic E-state index is 0.106. The summed E-state index contributed by atoms with van der Waals surface area (Å²) in [6, 6.07) is 21.8. The molecule has 2 N–H and O–H groups in total. The second kappa shape index (κ2) is 7.07. The maximum Gasteiger partial charge on any atom is 0.131 e. The van der Waals surface area contributed by atoms with Crippen LogP contribution in [0, 0.1) is 0 Å². The number of hydrogen-bond acceptors (Lipinski definition) is 3. The first-order chi connectivity index (χ1) is 11.3. The first-order valence-corrected chi connectivity index (χ1v) is 7.75. The molecule has 116 valence electrons. The van der Waals surface area contributed by atoms with Crippen molar-refractivity contribution in [2.45, 2.75) is 19.4 Å².